The minimum absolute atomic E-state index is 0.0425. The first-order valence-electron chi connectivity index (χ1n) is 10.5. The number of carbonyl (C=O) groups excluding carboxylic acids is 1. The fourth-order valence-electron chi connectivity index (χ4n) is 3.40. The number of hydrogen-bond donors (Lipinski definition) is 1. The minimum Gasteiger partial charge on any atom is -0.409 e. The molecule has 0 fully saturated rings. The molecule has 42 heavy (non-hydrogen) atoms. The van der Waals surface area contributed by atoms with Crippen molar-refractivity contribution in [1.29, 1.82) is 0 Å². The van der Waals surface area contributed by atoms with E-state index in [0.29, 0.717) is 7.05 Å². The summed E-state index contributed by atoms with van der Waals surface area (Å²) in [6, 6.07) is 5.09. The van der Waals surface area contributed by atoms with Crippen molar-refractivity contribution in [2.24, 2.45) is 12.8 Å². The van der Waals surface area contributed by atoms with E-state index in [2.05, 4.69) is 14.9 Å². The summed E-state index contributed by atoms with van der Waals surface area (Å²) >= 11 is 0. The van der Waals surface area contributed by atoms with E-state index in [1.165, 1.54) is 24.3 Å². The topological polar surface area (TPSA) is 88.0 Å². The molecule has 3 rings (SSSR count). The molecule has 1 unspecified atom stereocenters. The summed E-state index contributed by atoms with van der Waals surface area (Å²) in [6.07, 6.45) is -25.4. The summed E-state index contributed by atoms with van der Waals surface area (Å²) in [5.41, 5.74) is -4.61. The van der Waals surface area contributed by atoms with Crippen LogP contribution in [0.1, 0.15) is 15.9 Å². The summed E-state index contributed by atoms with van der Waals surface area (Å²) in [7, 11) is 0.584. The highest BCUT2D eigenvalue weighted by Crippen LogP contribution is 2.54. The van der Waals surface area contributed by atoms with Crippen molar-refractivity contribution in [3.8, 4) is 22.8 Å². The number of ether oxygens (including phenoxy) is 1. The highest BCUT2D eigenvalue weighted by atomic mass is 19.4. The monoisotopic (exact) mass is 631 g/mol. The van der Waals surface area contributed by atoms with Gasteiger partial charge in [-0.05, 0) is 17.7 Å². The van der Waals surface area contributed by atoms with Crippen molar-refractivity contribution in [1.82, 2.24) is 19.6 Å². The van der Waals surface area contributed by atoms with Crippen LogP contribution < -0.4 is 10.5 Å². The molecule has 3 aromatic rings. The first-order chi connectivity index (χ1) is 18.9. The molecule has 2 heterocycles. The summed E-state index contributed by atoms with van der Waals surface area (Å²) in [5, 5.41) is 6.34. The van der Waals surface area contributed by atoms with Gasteiger partial charge in [-0.25, -0.2) is 18.1 Å². The number of alkyl halides is 12. The standard InChI is InChI=1S/C21H11F14N5O2/c1-39-16(40-7-10(6-37-40)8-3-2-4-9(5-8)14(36)41)11(18(25,26)27)15(38-39)42-21(34,35)17(24,20(31,32)33)12(22)13(23)19(28,29)30/h2-7H,1H3,(H2,36,41). The Kier molecular flexibility index (Phi) is 7.81. The molecule has 0 saturated carbocycles. The molecular formula is C21H11F14N5O2. The number of nitrogens with zero attached hydrogens (tertiary/aromatic N) is 4. The number of benzene rings is 1. The van der Waals surface area contributed by atoms with Crippen LogP contribution in [-0.4, -0.2) is 49.6 Å². The van der Waals surface area contributed by atoms with E-state index in [-0.39, 0.29) is 26.1 Å². The Morgan fingerprint density at radius 1 is 0.905 bits per heavy atom. The van der Waals surface area contributed by atoms with Gasteiger partial charge in [0.05, 0.1) is 6.20 Å². The Labute approximate surface area is 222 Å². The third kappa shape index (κ3) is 5.58. The van der Waals surface area contributed by atoms with Crippen LogP contribution in [-0.2, 0) is 13.2 Å². The van der Waals surface area contributed by atoms with E-state index in [9.17, 15) is 66.3 Å². The maximum absolute atomic E-state index is 14.5. The Bertz CT molecular complexity index is 1530. The average molecular weight is 631 g/mol. The van der Waals surface area contributed by atoms with Gasteiger partial charge in [0.15, 0.2) is 17.2 Å². The van der Waals surface area contributed by atoms with Crippen molar-refractivity contribution < 1.29 is 71.0 Å². The second-order valence-electron chi connectivity index (χ2n) is 8.14. The van der Waals surface area contributed by atoms with Gasteiger partial charge in [-0.3, -0.25) is 4.79 Å². The lowest BCUT2D eigenvalue weighted by Crippen LogP contribution is -2.59. The SMILES string of the molecule is Cn1nc(OC(F)(F)C(F)(C(F)=C(F)C(F)(F)F)C(F)(F)F)c(C(F)(F)F)c1-n1cc(-c2cccc(C(N)=O)c2)cn1. The number of amides is 1. The van der Waals surface area contributed by atoms with E-state index in [4.69, 9.17) is 5.73 Å². The number of allylic oxidation sites excluding steroid dienone is 1. The molecule has 1 amide bonds. The van der Waals surface area contributed by atoms with Crippen LogP contribution in [0.2, 0.25) is 0 Å². The summed E-state index contributed by atoms with van der Waals surface area (Å²) in [4.78, 5) is 11.4. The van der Waals surface area contributed by atoms with Crippen molar-refractivity contribution in [2.45, 2.75) is 30.3 Å². The van der Waals surface area contributed by atoms with Crippen LogP contribution in [0.4, 0.5) is 61.5 Å². The third-order valence-electron chi connectivity index (χ3n) is 5.31. The molecule has 2 N–H and O–H groups in total. The molecule has 0 spiro atoms. The number of aromatic nitrogens is 4. The number of hydrogen-bond acceptors (Lipinski definition) is 4. The number of nitrogens with two attached hydrogens (primary N) is 1. The summed E-state index contributed by atoms with van der Waals surface area (Å²) in [6.45, 7) is 0. The fraction of sp³-hybridized carbons (Fsp3) is 0.286. The Balaban J connectivity index is 2.19. The van der Waals surface area contributed by atoms with Gasteiger partial charge in [0.1, 0.15) is 0 Å². The number of carbonyl (C=O) groups is 1. The number of halogens is 14. The zero-order valence-electron chi connectivity index (χ0n) is 19.9. The molecule has 0 aliphatic rings. The van der Waals surface area contributed by atoms with Crippen LogP contribution in [0.3, 0.4) is 0 Å². The van der Waals surface area contributed by atoms with Gasteiger partial charge >= 0.3 is 30.3 Å². The van der Waals surface area contributed by atoms with E-state index in [1.807, 2.05) is 0 Å². The number of primary amides is 1. The second kappa shape index (κ2) is 10.2. The molecule has 1 atom stereocenters. The average Bonchev–Trinajstić information content (AvgIpc) is 3.44. The zero-order chi connectivity index (χ0) is 32.2. The molecule has 0 saturated heterocycles. The maximum atomic E-state index is 14.5. The molecule has 0 aliphatic carbocycles. The van der Waals surface area contributed by atoms with Gasteiger partial charge in [-0.1, -0.05) is 12.1 Å². The molecular weight excluding hydrogens is 620 g/mol. The van der Waals surface area contributed by atoms with E-state index < -0.39 is 65.1 Å². The first-order valence-corrected chi connectivity index (χ1v) is 10.5. The minimum atomic E-state index is -7.42. The summed E-state index contributed by atoms with van der Waals surface area (Å²) in [5.74, 6) is -14.2. The van der Waals surface area contributed by atoms with Gasteiger partial charge < -0.3 is 10.5 Å². The van der Waals surface area contributed by atoms with Crippen molar-refractivity contribution in [3.05, 3.63) is 59.4 Å². The lowest BCUT2D eigenvalue weighted by Gasteiger charge is -2.32. The first kappa shape index (κ1) is 32.2. The smallest absolute Gasteiger partial charge is 0.409 e. The molecule has 230 valence electrons. The van der Waals surface area contributed by atoms with Crippen LogP contribution in [0.5, 0.6) is 5.88 Å². The molecule has 21 heteroatoms. The van der Waals surface area contributed by atoms with Gasteiger partial charge in [0.25, 0.3) is 5.88 Å². The predicted molar refractivity (Wildman–Crippen MR) is 110 cm³/mol. The maximum Gasteiger partial charge on any atom is 0.450 e. The Morgan fingerprint density at radius 3 is 2.00 bits per heavy atom. The highest BCUT2D eigenvalue weighted by molar-refractivity contribution is 5.94. The Hall–Kier alpha value is -4.33. The summed E-state index contributed by atoms with van der Waals surface area (Å²) < 4.78 is 193. The quantitative estimate of drug-likeness (QED) is 0.308. The predicted octanol–water partition coefficient (Wildman–Crippen LogP) is 6.35. The van der Waals surface area contributed by atoms with Crippen LogP contribution in [0, 0.1) is 0 Å². The van der Waals surface area contributed by atoms with Crippen molar-refractivity contribution in [3.63, 3.8) is 0 Å². The van der Waals surface area contributed by atoms with Crippen LogP contribution in [0.15, 0.2) is 48.3 Å². The molecule has 2 aromatic heterocycles. The molecule has 7 nitrogen and oxygen atoms in total. The van der Waals surface area contributed by atoms with E-state index in [0.717, 1.165) is 12.4 Å². The van der Waals surface area contributed by atoms with Gasteiger partial charge in [0, 0.05) is 24.4 Å². The van der Waals surface area contributed by atoms with Crippen LogP contribution >= 0.6 is 0 Å². The zero-order valence-corrected chi connectivity index (χ0v) is 19.9. The third-order valence-corrected chi connectivity index (χ3v) is 5.31. The van der Waals surface area contributed by atoms with Gasteiger partial charge in [-0.15, -0.1) is 5.10 Å². The second-order valence-corrected chi connectivity index (χ2v) is 8.14. The Morgan fingerprint density at radius 2 is 1.50 bits per heavy atom. The number of rotatable bonds is 7. The van der Waals surface area contributed by atoms with Crippen molar-refractivity contribution >= 4 is 5.91 Å². The van der Waals surface area contributed by atoms with E-state index >= 15 is 0 Å². The fourth-order valence-corrected chi connectivity index (χ4v) is 3.40. The van der Waals surface area contributed by atoms with Gasteiger partial charge in [-0.2, -0.15) is 57.8 Å². The molecule has 0 aliphatic heterocycles. The lowest BCUT2D eigenvalue weighted by molar-refractivity contribution is -0.350. The highest BCUT2D eigenvalue weighted by Gasteiger charge is 2.79. The van der Waals surface area contributed by atoms with Crippen LogP contribution in [0.25, 0.3) is 16.9 Å². The van der Waals surface area contributed by atoms with E-state index in [1.54, 1.807) is 0 Å². The molecule has 0 radical (unpaired) electrons. The lowest BCUT2D eigenvalue weighted by atomic mass is 10.0. The number of aryl methyl sites for hydroxylation is 1. The normalized spacial score (nSPS) is 15.3. The molecule has 1 aromatic carbocycles. The largest absolute Gasteiger partial charge is 0.450 e. The van der Waals surface area contributed by atoms with Gasteiger partial charge in [0.2, 0.25) is 11.7 Å². The molecule has 0 bridgehead atoms. The van der Waals surface area contributed by atoms with Crippen molar-refractivity contribution in [2.75, 3.05) is 0 Å².